The topological polar surface area (TPSA) is 46.9 Å². The van der Waals surface area contributed by atoms with Crippen molar-refractivity contribution in [1.29, 1.82) is 0 Å². The van der Waals surface area contributed by atoms with Crippen molar-refractivity contribution in [1.82, 2.24) is 0 Å². The maximum absolute atomic E-state index is 10.3. The largest absolute Gasteiger partial charge is 0.392 e. The predicted octanol–water partition coefficient (Wildman–Crippen LogP) is 4.36. The maximum atomic E-state index is 10.3. The van der Waals surface area contributed by atoms with E-state index in [2.05, 4.69) is 97.0 Å². The van der Waals surface area contributed by atoms with Crippen molar-refractivity contribution in [3.8, 4) is 0 Å². The lowest BCUT2D eigenvalue weighted by molar-refractivity contribution is -0.924. The summed E-state index contributed by atoms with van der Waals surface area (Å²) in [7, 11) is 5.01. The van der Waals surface area contributed by atoms with Crippen molar-refractivity contribution >= 4 is 11.4 Å². The van der Waals surface area contributed by atoms with Gasteiger partial charge in [0.2, 0.25) is 0 Å². The van der Waals surface area contributed by atoms with Gasteiger partial charge in [-0.05, 0) is 45.6 Å². The van der Waals surface area contributed by atoms with Crippen LogP contribution >= 0.6 is 0 Å². The number of aliphatic hydroxyl groups is 2. The van der Waals surface area contributed by atoms with Crippen LogP contribution in [-0.4, -0.2) is 96.8 Å². The summed E-state index contributed by atoms with van der Waals surface area (Å²) >= 11 is 0. The van der Waals surface area contributed by atoms with Gasteiger partial charge in [-0.2, -0.15) is 0 Å². The Kier molecular flexibility index (Phi) is 4.94. The van der Waals surface area contributed by atoms with Crippen LogP contribution in [0.2, 0.25) is 0 Å². The number of likely N-dealkylation sites (N-methyl/N-ethyl adjacent to an activating group) is 2. The van der Waals surface area contributed by atoms with E-state index >= 15 is 0 Å². The lowest BCUT2D eigenvalue weighted by Crippen LogP contribution is -2.68. The van der Waals surface area contributed by atoms with Gasteiger partial charge in [-0.25, -0.2) is 0 Å². The van der Waals surface area contributed by atoms with Crippen LogP contribution in [-0.2, 0) is 10.8 Å². The van der Waals surface area contributed by atoms with Crippen LogP contribution in [0, 0.1) is 11.8 Å². The number of piperidine rings is 2. The number of quaternary nitrogens is 2. The second-order valence-electron chi connectivity index (χ2n) is 16.7. The number of hydrogen-bond acceptors (Lipinski definition) is 4. The zero-order valence-corrected chi connectivity index (χ0v) is 27.1. The van der Waals surface area contributed by atoms with E-state index in [1.54, 1.807) is 22.3 Å². The third-order valence-corrected chi connectivity index (χ3v) is 15.3. The van der Waals surface area contributed by atoms with Crippen LogP contribution in [0.4, 0.5) is 11.4 Å². The van der Waals surface area contributed by atoms with E-state index in [9.17, 15) is 10.2 Å². The van der Waals surface area contributed by atoms with Gasteiger partial charge in [0.05, 0.1) is 63.3 Å². The molecule has 6 fully saturated rings. The first kappa shape index (κ1) is 26.9. The first-order chi connectivity index (χ1) is 22.4. The molecule has 2 saturated carbocycles. The highest BCUT2D eigenvalue weighted by Crippen LogP contribution is 2.69. The van der Waals surface area contributed by atoms with Crippen LogP contribution in [0.3, 0.4) is 0 Å². The van der Waals surface area contributed by atoms with Crippen molar-refractivity contribution in [2.75, 3.05) is 63.3 Å². The first-order valence-corrected chi connectivity index (χ1v) is 17.8. The molecule has 4 saturated heterocycles. The second-order valence-corrected chi connectivity index (χ2v) is 16.7. The highest BCUT2D eigenvalue weighted by Gasteiger charge is 2.74. The van der Waals surface area contributed by atoms with Crippen molar-refractivity contribution in [3.05, 3.63) is 107 Å². The fourth-order valence-electron chi connectivity index (χ4n) is 13.8. The number of fused-ring (bicyclic) bond motifs is 8. The minimum atomic E-state index is 0.0790. The third-order valence-electron chi connectivity index (χ3n) is 15.3. The summed E-state index contributed by atoms with van der Waals surface area (Å²) < 4.78 is 2.18. The minimum Gasteiger partial charge on any atom is -0.392 e. The molecular formula is C40H46N4O2+2. The smallest absolute Gasteiger partial charge is 0.102 e. The monoisotopic (exact) mass is 614 g/mol. The molecule has 7 aliphatic heterocycles. The Balaban J connectivity index is 1.24. The molecule has 6 heteroatoms. The Hall–Kier alpha value is -3.16. The Morgan fingerprint density at radius 3 is 1.57 bits per heavy atom. The molecule has 2 aromatic carbocycles. The Labute approximate surface area is 272 Å². The SMILES string of the molecule is C[N@@+]12CC[C@]34c5ccccc5N5/C=C6\C7N(/C=C(\C53)[C@@H](C[C@@H]41)/C(=C/CO)C2)c1ccccc1[C@@]71CC[N@@+]2(C)C/C(=C\CO)[C@@H]6C[C@@H]12. The van der Waals surface area contributed by atoms with Crippen LogP contribution in [0.25, 0.3) is 0 Å². The highest BCUT2D eigenvalue weighted by atomic mass is 16.3. The molecule has 0 amide bonds. The zero-order valence-electron chi connectivity index (χ0n) is 27.1. The molecule has 10 atom stereocenters. The lowest BCUT2D eigenvalue weighted by atomic mass is 9.56. The van der Waals surface area contributed by atoms with E-state index < -0.39 is 0 Å². The van der Waals surface area contributed by atoms with E-state index in [-0.39, 0.29) is 36.1 Å². The van der Waals surface area contributed by atoms with Crippen molar-refractivity contribution in [3.63, 3.8) is 0 Å². The van der Waals surface area contributed by atoms with Crippen LogP contribution in [0.15, 0.2) is 95.4 Å². The first-order valence-electron chi connectivity index (χ1n) is 17.8. The predicted molar refractivity (Wildman–Crippen MR) is 180 cm³/mol. The second kappa shape index (κ2) is 8.46. The summed E-state index contributed by atoms with van der Waals surface area (Å²) in [6.07, 6.45) is 14.4. The van der Waals surface area contributed by atoms with Gasteiger partial charge in [-0.15, -0.1) is 0 Å². The number of benzene rings is 2. The molecule has 2 aromatic rings. The van der Waals surface area contributed by atoms with Crippen LogP contribution in [0.5, 0.6) is 0 Å². The fourth-order valence-corrected chi connectivity index (χ4v) is 13.8. The average molecular weight is 615 g/mol. The molecule has 46 heavy (non-hydrogen) atoms. The molecule has 2 aliphatic carbocycles. The van der Waals surface area contributed by atoms with Gasteiger partial charge in [-0.3, -0.25) is 0 Å². The Morgan fingerprint density at radius 1 is 0.696 bits per heavy atom. The van der Waals surface area contributed by atoms with Gasteiger partial charge in [-0.1, -0.05) is 48.6 Å². The number of anilines is 2. The quantitative estimate of drug-likeness (QED) is 0.390. The minimum absolute atomic E-state index is 0.0790. The lowest BCUT2D eigenvalue weighted by Gasteiger charge is -2.58. The summed E-state index contributed by atoms with van der Waals surface area (Å²) in [6, 6.07) is 20.5. The fraction of sp³-hybridized carbons (Fsp3) is 0.500. The van der Waals surface area contributed by atoms with Crippen molar-refractivity contribution < 1.29 is 19.2 Å². The normalized spacial score (nSPS) is 48.6. The maximum Gasteiger partial charge on any atom is 0.102 e. The number of aliphatic hydroxyl groups excluding tert-OH is 2. The van der Waals surface area contributed by atoms with Crippen molar-refractivity contribution in [2.45, 2.75) is 60.7 Å². The summed E-state index contributed by atoms with van der Waals surface area (Å²) in [5, 5.41) is 20.6. The molecule has 11 rings (SSSR count). The third kappa shape index (κ3) is 2.77. The number of nitrogens with zero attached hydrogens (tertiary/aromatic N) is 4. The van der Waals surface area contributed by atoms with Gasteiger partial charge in [0.25, 0.3) is 0 Å². The molecule has 236 valence electrons. The summed E-state index contributed by atoms with van der Waals surface area (Å²) in [4.78, 5) is 5.55. The van der Waals surface area contributed by atoms with Gasteiger partial charge in [0.1, 0.15) is 25.2 Å². The summed E-state index contributed by atoms with van der Waals surface area (Å²) in [6.45, 7) is 4.70. The molecule has 9 aliphatic rings. The molecule has 2 N–H and O–H groups in total. The van der Waals surface area contributed by atoms with Crippen LogP contribution in [0.1, 0.15) is 36.8 Å². The van der Waals surface area contributed by atoms with E-state index in [1.807, 2.05) is 0 Å². The molecule has 0 radical (unpaired) electrons. The van der Waals surface area contributed by atoms with E-state index in [0.717, 1.165) is 34.9 Å². The molecular weight excluding hydrogens is 568 g/mol. The van der Waals surface area contributed by atoms with Crippen LogP contribution < -0.4 is 9.80 Å². The van der Waals surface area contributed by atoms with Crippen molar-refractivity contribution in [2.24, 2.45) is 11.8 Å². The number of rotatable bonds is 2. The zero-order chi connectivity index (χ0) is 30.8. The number of hydrogen-bond donors (Lipinski definition) is 2. The van der Waals surface area contributed by atoms with Gasteiger partial charge in [0.15, 0.2) is 0 Å². The molecule has 7 heterocycles. The Morgan fingerprint density at radius 2 is 1.13 bits per heavy atom. The van der Waals surface area contributed by atoms with E-state index in [1.165, 1.54) is 48.5 Å². The summed E-state index contributed by atoms with van der Waals surface area (Å²) in [5.74, 6) is 0.709. The number of para-hydroxylation sites is 2. The van der Waals surface area contributed by atoms with Gasteiger partial charge in [0, 0.05) is 61.3 Å². The standard InChI is InChI=1S/C40H46N4O2/c1-43-15-13-39-31-7-3-5-9-33(31)41-22-30-28-20-36-40(14-16-44(36,2)24-26(28)12-18-46)32-8-4-6-10-34(32)42(38(30)40)21-29(37(39)41)27(19-35(39)43)25(23-43)11-17-45/h3-12,21-22,27-28,35-38,45-46H,13-20,23-24H2,1-2H3/q+2/b25-11+,26-12+,29-21-,30-22-/t27-,28-,35-,36-,37?,38?,39+,40+,43-,44-/m0/s1. The average Bonchev–Trinajstić information content (AvgIpc) is 3.73. The van der Waals surface area contributed by atoms with E-state index in [0.29, 0.717) is 23.9 Å². The van der Waals surface area contributed by atoms with Gasteiger partial charge >= 0.3 is 0 Å². The molecule has 0 aromatic heterocycles. The highest BCUT2D eigenvalue weighted by molar-refractivity contribution is 5.77. The molecule has 2 spiro atoms. The molecule has 4 bridgehead atoms. The Bertz CT molecular complexity index is 1730. The van der Waals surface area contributed by atoms with E-state index in [4.69, 9.17) is 0 Å². The summed E-state index contributed by atoms with van der Waals surface area (Å²) in [5.41, 5.74) is 12.1. The molecule has 6 nitrogen and oxygen atoms in total. The molecule has 2 unspecified atom stereocenters. The van der Waals surface area contributed by atoms with Gasteiger partial charge < -0.3 is 29.0 Å².